The second-order valence-electron chi connectivity index (χ2n) is 5.35. The number of non-ortho nitro benzene ring substituents is 1. The fourth-order valence-corrected chi connectivity index (χ4v) is 3.48. The van der Waals surface area contributed by atoms with Gasteiger partial charge >= 0.3 is 0 Å². The number of hydrogen-bond donors (Lipinski definition) is 0. The topological polar surface area (TPSA) is 43.1 Å². The highest BCUT2D eigenvalue weighted by molar-refractivity contribution is 9.10. The molecule has 0 aliphatic heterocycles. The second kappa shape index (κ2) is 7.28. The minimum absolute atomic E-state index is 0.00511. The summed E-state index contributed by atoms with van der Waals surface area (Å²) in [5, 5.41) is 10.9. The van der Waals surface area contributed by atoms with Crippen LogP contribution in [0.1, 0.15) is 22.6 Å². The fraction of sp³-hybridized carbons (Fsp3) is 0.0526. The van der Waals surface area contributed by atoms with Crippen LogP contribution in [0.3, 0.4) is 0 Å². The van der Waals surface area contributed by atoms with Crippen LogP contribution in [0.15, 0.2) is 81.7 Å². The summed E-state index contributed by atoms with van der Waals surface area (Å²) < 4.78 is 2.03. The average Bonchev–Trinajstić information content (AvgIpc) is 2.59. The van der Waals surface area contributed by atoms with Crippen LogP contribution in [0.25, 0.3) is 0 Å². The number of nitro benzene ring substituents is 1. The normalized spacial score (nSPS) is 11.9. The first kappa shape index (κ1) is 16.9. The van der Waals surface area contributed by atoms with Crippen LogP contribution >= 0.6 is 31.9 Å². The lowest BCUT2D eigenvalue weighted by molar-refractivity contribution is -0.384. The van der Waals surface area contributed by atoms with Crippen molar-refractivity contribution in [3.05, 3.63) is 109 Å². The van der Waals surface area contributed by atoms with Crippen molar-refractivity contribution in [2.45, 2.75) is 5.92 Å². The molecule has 0 radical (unpaired) electrons. The maximum absolute atomic E-state index is 10.9. The van der Waals surface area contributed by atoms with Crippen molar-refractivity contribution in [2.75, 3.05) is 0 Å². The molecule has 0 aliphatic rings. The van der Waals surface area contributed by atoms with Crippen molar-refractivity contribution >= 4 is 37.5 Å². The third-order valence-corrected chi connectivity index (χ3v) is 5.11. The molecule has 3 aromatic carbocycles. The summed E-state index contributed by atoms with van der Waals surface area (Å²) in [7, 11) is 0. The van der Waals surface area contributed by atoms with E-state index in [0.717, 1.165) is 25.6 Å². The predicted molar refractivity (Wildman–Crippen MR) is 102 cm³/mol. The van der Waals surface area contributed by atoms with Gasteiger partial charge in [-0.2, -0.15) is 0 Å². The number of nitrogens with zero attached hydrogens (tertiary/aromatic N) is 1. The summed E-state index contributed by atoms with van der Waals surface area (Å²) in [6.45, 7) is 0. The Labute approximate surface area is 156 Å². The van der Waals surface area contributed by atoms with Crippen LogP contribution < -0.4 is 0 Å². The third-order valence-electron chi connectivity index (χ3n) is 3.86. The molecular formula is C19H13Br2NO2. The van der Waals surface area contributed by atoms with Gasteiger partial charge < -0.3 is 0 Å². The van der Waals surface area contributed by atoms with E-state index in [-0.39, 0.29) is 16.5 Å². The van der Waals surface area contributed by atoms with E-state index in [4.69, 9.17) is 0 Å². The van der Waals surface area contributed by atoms with E-state index >= 15 is 0 Å². The van der Waals surface area contributed by atoms with Gasteiger partial charge in [0.2, 0.25) is 0 Å². The van der Waals surface area contributed by atoms with E-state index in [1.165, 1.54) is 0 Å². The quantitative estimate of drug-likeness (QED) is 0.268. The van der Waals surface area contributed by atoms with Gasteiger partial charge in [-0.15, -0.1) is 0 Å². The zero-order valence-electron chi connectivity index (χ0n) is 12.5. The molecule has 1 unspecified atom stereocenters. The van der Waals surface area contributed by atoms with E-state index in [1.54, 1.807) is 12.1 Å². The van der Waals surface area contributed by atoms with Gasteiger partial charge in [-0.3, -0.25) is 10.1 Å². The Morgan fingerprint density at radius 3 is 1.88 bits per heavy atom. The zero-order chi connectivity index (χ0) is 17.1. The molecule has 0 saturated heterocycles. The average molecular weight is 447 g/mol. The first-order valence-corrected chi connectivity index (χ1v) is 8.89. The molecule has 0 heterocycles. The first-order valence-electron chi connectivity index (χ1n) is 7.30. The summed E-state index contributed by atoms with van der Waals surface area (Å²) in [5.41, 5.74) is 3.35. The Bertz CT molecular complexity index is 861. The molecule has 24 heavy (non-hydrogen) atoms. The van der Waals surface area contributed by atoms with Crippen LogP contribution in [0.5, 0.6) is 0 Å². The van der Waals surface area contributed by atoms with Gasteiger partial charge in [0.05, 0.1) is 4.92 Å². The Morgan fingerprint density at radius 2 is 1.33 bits per heavy atom. The molecular weight excluding hydrogens is 434 g/mol. The minimum atomic E-state index is -0.378. The standard InChI is InChI=1S/C19H13Br2NO2/c20-15-9-5-13(6-10-15)19(17-3-1-2-4-18(17)21)14-7-11-16(12-8-14)22(23)24/h1-12,19H. The smallest absolute Gasteiger partial charge is 0.258 e. The summed E-state index contributed by atoms with van der Waals surface area (Å²) in [6, 6.07) is 22.9. The molecule has 0 bridgehead atoms. The van der Waals surface area contributed by atoms with Crippen LogP contribution in [0.4, 0.5) is 5.69 Å². The molecule has 0 amide bonds. The summed E-state index contributed by atoms with van der Waals surface area (Å²) in [6.07, 6.45) is 0. The van der Waals surface area contributed by atoms with Gasteiger partial charge in [0.25, 0.3) is 5.69 Å². The van der Waals surface area contributed by atoms with Gasteiger partial charge in [-0.25, -0.2) is 0 Å². The summed E-state index contributed by atoms with van der Waals surface area (Å²) in [4.78, 5) is 10.5. The van der Waals surface area contributed by atoms with Gasteiger partial charge in [-0.1, -0.05) is 74.3 Å². The molecule has 3 nitrogen and oxygen atoms in total. The van der Waals surface area contributed by atoms with Gasteiger partial charge in [0.1, 0.15) is 0 Å². The van der Waals surface area contributed by atoms with Crippen molar-refractivity contribution in [1.82, 2.24) is 0 Å². The zero-order valence-corrected chi connectivity index (χ0v) is 15.7. The highest BCUT2D eigenvalue weighted by Gasteiger charge is 2.20. The molecule has 0 N–H and O–H groups in total. The van der Waals surface area contributed by atoms with Crippen molar-refractivity contribution < 1.29 is 4.92 Å². The van der Waals surface area contributed by atoms with E-state index in [2.05, 4.69) is 50.1 Å². The number of benzene rings is 3. The maximum Gasteiger partial charge on any atom is 0.269 e. The summed E-state index contributed by atoms with van der Waals surface area (Å²) in [5.74, 6) is -0.00511. The molecule has 5 heteroatoms. The van der Waals surface area contributed by atoms with Crippen LogP contribution in [-0.2, 0) is 0 Å². The second-order valence-corrected chi connectivity index (χ2v) is 7.12. The highest BCUT2D eigenvalue weighted by atomic mass is 79.9. The van der Waals surface area contributed by atoms with Gasteiger partial charge in [0.15, 0.2) is 0 Å². The molecule has 120 valence electrons. The van der Waals surface area contributed by atoms with Gasteiger partial charge in [0, 0.05) is 27.0 Å². The Morgan fingerprint density at radius 1 is 0.792 bits per heavy atom. The Hall–Kier alpha value is -1.98. The number of hydrogen-bond acceptors (Lipinski definition) is 2. The monoisotopic (exact) mass is 445 g/mol. The van der Waals surface area contributed by atoms with E-state index < -0.39 is 0 Å². The molecule has 0 spiro atoms. The molecule has 0 aromatic heterocycles. The largest absolute Gasteiger partial charge is 0.269 e. The lowest BCUT2D eigenvalue weighted by Gasteiger charge is -2.20. The first-order chi connectivity index (χ1) is 11.6. The molecule has 3 aromatic rings. The van der Waals surface area contributed by atoms with Crippen molar-refractivity contribution in [1.29, 1.82) is 0 Å². The maximum atomic E-state index is 10.9. The predicted octanol–water partition coefficient (Wildman–Crippen LogP) is 6.30. The van der Waals surface area contributed by atoms with Crippen LogP contribution in [0.2, 0.25) is 0 Å². The lowest BCUT2D eigenvalue weighted by atomic mass is 9.85. The van der Waals surface area contributed by atoms with E-state index in [0.29, 0.717) is 0 Å². The number of nitro groups is 1. The SMILES string of the molecule is O=[N+]([O-])c1ccc(C(c2ccc(Br)cc2)c2ccccc2Br)cc1. The van der Waals surface area contributed by atoms with Gasteiger partial charge in [-0.05, 0) is 34.9 Å². The fourth-order valence-electron chi connectivity index (χ4n) is 2.70. The Balaban J connectivity index is 2.13. The Kier molecular flexibility index (Phi) is 5.11. The van der Waals surface area contributed by atoms with Crippen LogP contribution in [0, 0.1) is 10.1 Å². The van der Waals surface area contributed by atoms with E-state index in [9.17, 15) is 10.1 Å². The summed E-state index contributed by atoms with van der Waals surface area (Å²) >= 11 is 7.09. The van der Waals surface area contributed by atoms with E-state index in [1.807, 2.05) is 42.5 Å². The molecule has 3 rings (SSSR count). The lowest BCUT2D eigenvalue weighted by Crippen LogP contribution is -2.04. The number of halogens is 2. The van der Waals surface area contributed by atoms with Crippen molar-refractivity contribution in [3.8, 4) is 0 Å². The van der Waals surface area contributed by atoms with Crippen LogP contribution in [-0.4, -0.2) is 4.92 Å². The number of rotatable bonds is 4. The third kappa shape index (κ3) is 3.57. The molecule has 1 atom stereocenters. The highest BCUT2D eigenvalue weighted by Crippen LogP contribution is 2.36. The van der Waals surface area contributed by atoms with Crippen molar-refractivity contribution in [2.24, 2.45) is 0 Å². The molecule has 0 aliphatic carbocycles. The molecule has 0 fully saturated rings. The molecule has 0 saturated carbocycles. The van der Waals surface area contributed by atoms with Crippen molar-refractivity contribution in [3.63, 3.8) is 0 Å². The minimum Gasteiger partial charge on any atom is -0.258 e.